The van der Waals surface area contributed by atoms with Gasteiger partial charge in [0.2, 0.25) is 10.0 Å². The van der Waals surface area contributed by atoms with Gasteiger partial charge in [0.1, 0.15) is 5.82 Å². The molecule has 1 saturated heterocycles. The number of sulfonamides is 1. The SMILES string of the molecule is Cc1ccc(NC(=O)C(=O)Nc2cc(N3CCCS3(=O)=O)ccc2C)cc1F. The van der Waals surface area contributed by atoms with Crippen LogP contribution in [0.2, 0.25) is 0 Å². The summed E-state index contributed by atoms with van der Waals surface area (Å²) in [5.74, 6) is -2.31. The minimum Gasteiger partial charge on any atom is -0.318 e. The van der Waals surface area contributed by atoms with Gasteiger partial charge in [0.05, 0.1) is 11.4 Å². The van der Waals surface area contributed by atoms with E-state index >= 15 is 0 Å². The van der Waals surface area contributed by atoms with E-state index in [1.165, 1.54) is 22.5 Å². The largest absolute Gasteiger partial charge is 0.318 e. The molecule has 0 spiro atoms. The van der Waals surface area contributed by atoms with E-state index in [9.17, 15) is 22.4 Å². The molecule has 0 bridgehead atoms. The lowest BCUT2D eigenvalue weighted by molar-refractivity contribution is -0.133. The molecule has 3 rings (SSSR count). The number of nitrogens with zero attached hydrogens (tertiary/aromatic N) is 1. The van der Waals surface area contributed by atoms with E-state index in [1.54, 1.807) is 26.0 Å². The molecule has 2 amide bonds. The Labute approximate surface area is 162 Å². The molecule has 0 radical (unpaired) electrons. The first kappa shape index (κ1) is 19.8. The molecule has 1 aliphatic heterocycles. The second-order valence-corrected chi connectivity index (χ2v) is 8.63. The van der Waals surface area contributed by atoms with Crippen LogP contribution in [-0.4, -0.2) is 32.5 Å². The Hall–Kier alpha value is -2.94. The zero-order valence-electron chi connectivity index (χ0n) is 15.5. The third-order valence-electron chi connectivity index (χ3n) is 4.49. The number of aryl methyl sites for hydroxylation is 2. The van der Waals surface area contributed by atoms with Crippen LogP contribution in [0.5, 0.6) is 0 Å². The molecule has 0 saturated carbocycles. The van der Waals surface area contributed by atoms with Gasteiger partial charge in [0, 0.05) is 17.9 Å². The fourth-order valence-corrected chi connectivity index (χ4v) is 4.42. The second-order valence-electron chi connectivity index (χ2n) is 6.61. The summed E-state index contributed by atoms with van der Waals surface area (Å²) in [6.45, 7) is 3.69. The van der Waals surface area contributed by atoms with Crippen molar-refractivity contribution < 1.29 is 22.4 Å². The van der Waals surface area contributed by atoms with Gasteiger partial charge < -0.3 is 10.6 Å². The number of rotatable bonds is 3. The fourth-order valence-electron chi connectivity index (χ4n) is 2.87. The summed E-state index contributed by atoms with van der Waals surface area (Å²) < 4.78 is 39.0. The quantitative estimate of drug-likeness (QED) is 0.767. The van der Waals surface area contributed by atoms with Gasteiger partial charge in [-0.05, 0) is 55.7 Å². The monoisotopic (exact) mass is 405 g/mol. The van der Waals surface area contributed by atoms with Crippen molar-refractivity contribution in [3.05, 3.63) is 53.3 Å². The Morgan fingerprint density at radius 1 is 1.00 bits per heavy atom. The van der Waals surface area contributed by atoms with Crippen molar-refractivity contribution in [2.24, 2.45) is 0 Å². The highest BCUT2D eigenvalue weighted by Crippen LogP contribution is 2.28. The van der Waals surface area contributed by atoms with E-state index in [-0.39, 0.29) is 11.4 Å². The molecule has 0 atom stereocenters. The van der Waals surface area contributed by atoms with Crippen LogP contribution in [0.4, 0.5) is 21.5 Å². The van der Waals surface area contributed by atoms with Crippen LogP contribution < -0.4 is 14.9 Å². The van der Waals surface area contributed by atoms with Crippen LogP contribution in [0.3, 0.4) is 0 Å². The fraction of sp³-hybridized carbons (Fsp3) is 0.263. The molecule has 2 aromatic rings. The van der Waals surface area contributed by atoms with Gasteiger partial charge in [-0.25, -0.2) is 12.8 Å². The Bertz CT molecular complexity index is 1050. The summed E-state index contributed by atoms with van der Waals surface area (Å²) in [6.07, 6.45) is 0.535. The predicted molar refractivity (Wildman–Crippen MR) is 105 cm³/mol. The first-order chi connectivity index (χ1) is 13.2. The van der Waals surface area contributed by atoms with Gasteiger partial charge in [-0.3, -0.25) is 13.9 Å². The number of anilines is 3. The maximum atomic E-state index is 13.6. The number of hydrogen-bond acceptors (Lipinski definition) is 4. The van der Waals surface area contributed by atoms with Crippen molar-refractivity contribution >= 4 is 38.9 Å². The smallest absolute Gasteiger partial charge is 0.314 e. The van der Waals surface area contributed by atoms with Gasteiger partial charge in [0.15, 0.2) is 0 Å². The molecule has 9 heteroatoms. The van der Waals surface area contributed by atoms with Crippen molar-refractivity contribution in [3.8, 4) is 0 Å². The second kappa shape index (κ2) is 7.59. The third kappa shape index (κ3) is 4.14. The molecule has 1 fully saturated rings. The first-order valence-electron chi connectivity index (χ1n) is 8.67. The Kier molecular flexibility index (Phi) is 5.37. The van der Waals surface area contributed by atoms with Gasteiger partial charge >= 0.3 is 11.8 Å². The Balaban J connectivity index is 1.75. The minimum atomic E-state index is -3.36. The van der Waals surface area contributed by atoms with Gasteiger partial charge in [0.25, 0.3) is 0 Å². The van der Waals surface area contributed by atoms with Crippen molar-refractivity contribution in [2.75, 3.05) is 27.2 Å². The average Bonchev–Trinajstić information content (AvgIpc) is 2.99. The van der Waals surface area contributed by atoms with Crippen molar-refractivity contribution in [3.63, 3.8) is 0 Å². The van der Waals surface area contributed by atoms with Crippen molar-refractivity contribution in [1.82, 2.24) is 0 Å². The zero-order chi connectivity index (χ0) is 20.5. The maximum Gasteiger partial charge on any atom is 0.314 e. The van der Waals surface area contributed by atoms with Crippen molar-refractivity contribution in [1.29, 1.82) is 0 Å². The molecular formula is C19H20FN3O4S. The van der Waals surface area contributed by atoms with E-state index in [0.29, 0.717) is 35.5 Å². The van der Waals surface area contributed by atoms with E-state index in [2.05, 4.69) is 10.6 Å². The van der Waals surface area contributed by atoms with Gasteiger partial charge in [-0.1, -0.05) is 12.1 Å². The number of amides is 2. The normalized spacial score (nSPS) is 15.3. The van der Waals surface area contributed by atoms with Crippen molar-refractivity contribution in [2.45, 2.75) is 20.3 Å². The number of halogens is 1. The number of hydrogen-bond donors (Lipinski definition) is 2. The first-order valence-corrected chi connectivity index (χ1v) is 10.3. The van der Waals surface area contributed by atoms with Gasteiger partial charge in [-0.15, -0.1) is 0 Å². The molecule has 1 heterocycles. The van der Waals surface area contributed by atoms with E-state index in [4.69, 9.17) is 0 Å². The molecule has 148 valence electrons. The number of benzene rings is 2. The Morgan fingerprint density at radius 3 is 2.32 bits per heavy atom. The summed E-state index contributed by atoms with van der Waals surface area (Å²) >= 11 is 0. The van der Waals surface area contributed by atoms with Crippen LogP contribution in [0.15, 0.2) is 36.4 Å². The summed E-state index contributed by atoms with van der Waals surface area (Å²) in [6, 6.07) is 8.97. The summed E-state index contributed by atoms with van der Waals surface area (Å²) in [4.78, 5) is 24.3. The van der Waals surface area contributed by atoms with Crippen LogP contribution >= 0.6 is 0 Å². The molecular weight excluding hydrogens is 385 g/mol. The maximum absolute atomic E-state index is 13.6. The lowest BCUT2D eigenvalue weighted by Crippen LogP contribution is -2.30. The minimum absolute atomic E-state index is 0.0814. The summed E-state index contributed by atoms with van der Waals surface area (Å²) in [5, 5.41) is 4.82. The van der Waals surface area contributed by atoms with E-state index in [0.717, 1.165) is 6.07 Å². The molecule has 7 nitrogen and oxygen atoms in total. The van der Waals surface area contributed by atoms with Gasteiger partial charge in [-0.2, -0.15) is 0 Å². The van der Waals surface area contributed by atoms with Crippen LogP contribution in [0, 0.1) is 19.7 Å². The third-order valence-corrected chi connectivity index (χ3v) is 6.36. The molecule has 0 aromatic heterocycles. The van der Waals surface area contributed by atoms with Crippen LogP contribution in [0.1, 0.15) is 17.5 Å². The highest BCUT2D eigenvalue weighted by Gasteiger charge is 2.29. The molecule has 28 heavy (non-hydrogen) atoms. The topological polar surface area (TPSA) is 95.6 Å². The highest BCUT2D eigenvalue weighted by atomic mass is 32.2. The Morgan fingerprint density at radius 2 is 1.68 bits per heavy atom. The average molecular weight is 405 g/mol. The van der Waals surface area contributed by atoms with E-state index < -0.39 is 27.7 Å². The molecule has 1 aliphatic rings. The number of carbonyl (C=O) groups is 2. The summed E-state index contributed by atoms with van der Waals surface area (Å²) in [5.41, 5.74) is 2.01. The number of carbonyl (C=O) groups excluding carboxylic acids is 2. The highest BCUT2D eigenvalue weighted by molar-refractivity contribution is 7.93. The zero-order valence-corrected chi connectivity index (χ0v) is 16.3. The molecule has 2 aromatic carbocycles. The summed E-state index contributed by atoms with van der Waals surface area (Å²) in [7, 11) is -3.36. The lowest BCUT2D eigenvalue weighted by Gasteiger charge is -2.19. The molecule has 0 unspecified atom stereocenters. The predicted octanol–water partition coefficient (Wildman–Crippen LogP) is 2.56. The molecule has 0 aliphatic carbocycles. The van der Waals surface area contributed by atoms with E-state index in [1.807, 2.05) is 0 Å². The lowest BCUT2D eigenvalue weighted by atomic mass is 10.1. The van der Waals surface area contributed by atoms with Crippen LogP contribution in [-0.2, 0) is 19.6 Å². The molecule has 2 N–H and O–H groups in total. The number of nitrogens with one attached hydrogen (secondary N) is 2. The standard InChI is InChI=1S/C19H20FN3O4S/c1-12-4-6-14(10-16(12)20)21-18(24)19(25)22-17-11-15(7-5-13(17)2)23-8-3-9-28(23,26)27/h4-7,10-11H,3,8-9H2,1-2H3,(H,21,24)(H,22,25). The van der Waals surface area contributed by atoms with Crippen LogP contribution in [0.25, 0.3) is 0 Å².